The third kappa shape index (κ3) is 2.39. The number of hydrogen-bond acceptors (Lipinski definition) is 4. The van der Waals surface area contributed by atoms with E-state index in [2.05, 4.69) is 15.1 Å². The lowest BCUT2D eigenvalue weighted by Crippen LogP contribution is -2.52. The Morgan fingerprint density at radius 1 is 1.36 bits per heavy atom. The lowest BCUT2D eigenvalue weighted by Gasteiger charge is -2.30. The van der Waals surface area contributed by atoms with Crippen molar-refractivity contribution in [2.24, 2.45) is 11.8 Å². The number of fused-ring (bicyclic) bond motifs is 1. The largest absolute Gasteiger partial charge is 0.315 e. The van der Waals surface area contributed by atoms with Crippen molar-refractivity contribution in [1.82, 2.24) is 19.8 Å². The van der Waals surface area contributed by atoms with E-state index in [9.17, 15) is 8.42 Å². The number of hydrogen-bond donors (Lipinski definition) is 2. The van der Waals surface area contributed by atoms with Crippen molar-refractivity contribution < 1.29 is 8.42 Å². The molecule has 1 aromatic rings. The van der Waals surface area contributed by atoms with E-state index in [-0.39, 0.29) is 5.54 Å². The molecule has 0 unspecified atom stereocenters. The molecule has 2 aliphatic carbocycles. The number of sulfonamides is 1. The molecule has 2 saturated carbocycles. The molecule has 6 nitrogen and oxygen atoms in total. The summed E-state index contributed by atoms with van der Waals surface area (Å²) in [4.78, 5) is 0. The van der Waals surface area contributed by atoms with Crippen LogP contribution >= 0.6 is 0 Å². The van der Waals surface area contributed by atoms with Crippen LogP contribution in [-0.4, -0.2) is 36.8 Å². The van der Waals surface area contributed by atoms with Crippen LogP contribution in [0.3, 0.4) is 0 Å². The molecule has 4 rings (SSSR count). The molecule has 22 heavy (non-hydrogen) atoms. The van der Waals surface area contributed by atoms with Crippen molar-refractivity contribution in [3.05, 3.63) is 12.3 Å². The van der Waals surface area contributed by atoms with Gasteiger partial charge in [-0.1, -0.05) is 12.8 Å². The maximum atomic E-state index is 12.9. The quantitative estimate of drug-likeness (QED) is 0.850. The average molecular weight is 324 g/mol. The lowest BCUT2D eigenvalue weighted by atomic mass is 9.85. The van der Waals surface area contributed by atoms with E-state index in [4.69, 9.17) is 0 Å². The van der Waals surface area contributed by atoms with Gasteiger partial charge in [-0.3, -0.25) is 4.68 Å². The molecule has 2 N–H and O–H groups in total. The second kappa shape index (κ2) is 5.32. The average Bonchev–Trinajstić information content (AvgIpc) is 3.07. The zero-order valence-electron chi connectivity index (χ0n) is 12.8. The minimum absolute atomic E-state index is 0.287. The van der Waals surface area contributed by atoms with E-state index in [1.807, 2.05) is 0 Å². The summed E-state index contributed by atoms with van der Waals surface area (Å²) in [6, 6.07) is 1.63. The normalized spacial score (nSPS) is 32.1. The molecule has 0 radical (unpaired) electrons. The first-order valence-corrected chi connectivity index (χ1v) is 9.84. The van der Waals surface area contributed by atoms with Crippen molar-refractivity contribution in [2.75, 3.05) is 13.1 Å². The number of nitrogens with one attached hydrogen (secondary N) is 2. The molecule has 0 aromatic carbocycles. The zero-order chi connectivity index (χ0) is 15.2. The fourth-order valence-electron chi connectivity index (χ4n) is 4.24. The van der Waals surface area contributed by atoms with Crippen LogP contribution in [0.15, 0.2) is 17.3 Å². The number of nitrogens with zero attached hydrogens (tertiary/aromatic N) is 2. The molecule has 1 saturated heterocycles. The molecule has 0 bridgehead atoms. The molecule has 7 heteroatoms. The zero-order valence-corrected chi connectivity index (χ0v) is 13.6. The molecule has 1 aliphatic heterocycles. The van der Waals surface area contributed by atoms with Crippen LogP contribution < -0.4 is 10.0 Å². The molecular weight excluding hydrogens is 300 g/mol. The van der Waals surface area contributed by atoms with E-state index < -0.39 is 10.0 Å². The molecule has 0 amide bonds. The van der Waals surface area contributed by atoms with Crippen molar-refractivity contribution in [2.45, 2.75) is 55.6 Å². The van der Waals surface area contributed by atoms with Gasteiger partial charge >= 0.3 is 0 Å². The van der Waals surface area contributed by atoms with Crippen molar-refractivity contribution >= 4 is 10.0 Å². The van der Waals surface area contributed by atoms with E-state index in [0.717, 1.165) is 38.9 Å². The predicted octanol–water partition coefficient (Wildman–Crippen LogP) is 1.10. The summed E-state index contributed by atoms with van der Waals surface area (Å²) in [5, 5.41) is 7.92. The fourth-order valence-corrected chi connectivity index (χ4v) is 5.86. The van der Waals surface area contributed by atoms with E-state index in [1.165, 1.54) is 19.3 Å². The van der Waals surface area contributed by atoms with Gasteiger partial charge in [0.1, 0.15) is 0 Å². The second-order valence-electron chi connectivity index (χ2n) is 7.13. The fraction of sp³-hybridized carbons (Fsp3) is 0.800. The molecule has 2 atom stereocenters. The minimum atomic E-state index is -3.51. The van der Waals surface area contributed by atoms with Crippen molar-refractivity contribution in [3.8, 4) is 0 Å². The van der Waals surface area contributed by atoms with Crippen LogP contribution in [-0.2, 0) is 16.6 Å². The van der Waals surface area contributed by atoms with Gasteiger partial charge in [-0.15, -0.1) is 0 Å². The highest BCUT2D eigenvalue weighted by molar-refractivity contribution is 7.89. The Hall–Kier alpha value is -0.920. The molecule has 0 spiro atoms. The van der Waals surface area contributed by atoms with Crippen LogP contribution in [0.4, 0.5) is 0 Å². The summed E-state index contributed by atoms with van der Waals surface area (Å²) in [6.45, 7) is 2.38. The van der Waals surface area contributed by atoms with E-state index >= 15 is 0 Å². The summed E-state index contributed by atoms with van der Waals surface area (Å²) in [6.07, 6.45) is 8.37. The highest BCUT2D eigenvalue weighted by Gasteiger charge is 2.49. The standard InChI is InChI=1S/C15H24N4O2S/c20-22(21,18-15-7-2-5-13(15)9-16-11-15)14-6-8-17-19(14)10-12-3-1-4-12/h6,8,12-13,16,18H,1-5,7,9-11H2/t13-,15-/m0/s1. The molecule has 3 aliphatic rings. The first-order valence-electron chi connectivity index (χ1n) is 8.36. The first-order chi connectivity index (χ1) is 10.6. The monoisotopic (exact) mass is 324 g/mol. The van der Waals surface area contributed by atoms with Gasteiger partial charge in [0.15, 0.2) is 5.03 Å². The Balaban J connectivity index is 1.57. The van der Waals surface area contributed by atoms with Gasteiger partial charge in [0.25, 0.3) is 10.0 Å². The van der Waals surface area contributed by atoms with Gasteiger partial charge in [-0.05, 0) is 50.1 Å². The van der Waals surface area contributed by atoms with Gasteiger partial charge in [0.05, 0.1) is 6.20 Å². The van der Waals surface area contributed by atoms with Crippen LogP contribution in [0.25, 0.3) is 0 Å². The van der Waals surface area contributed by atoms with Crippen LogP contribution in [0, 0.1) is 11.8 Å². The van der Waals surface area contributed by atoms with E-state index in [0.29, 0.717) is 16.9 Å². The highest BCUT2D eigenvalue weighted by Crippen LogP contribution is 2.39. The molecule has 2 heterocycles. The minimum Gasteiger partial charge on any atom is -0.315 e. The van der Waals surface area contributed by atoms with Gasteiger partial charge in [0, 0.05) is 18.6 Å². The van der Waals surface area contributed by atoms with Crippen LogP contribution in [0.5, 0.6) is 0 Å². The summed E-state index contributed by atoms with van der Waals surface area (Å²) < 4.78 is 30.5. The second-order valence-corrected chi connectivity index (χ2v) is 8.76. The van der Waals surface area contributed by atoms with Gasteiger partial charge in [0.2, 0.25) is 0 Å². The number of rotatable bonds is 5. The first kappa shape index (κ1) is 14.7. The SMILES string of the molecule is O=S(=O)(N[C@]12CCC[C@H]1CNC2)c1ccnn1CC1CCC1. The van der Waals surface area contributed by atoms with Gasteiger partial charge in [-0.25, -0.2) is 13.1 Å². The Kier molecular flexibility index (Phi) is 3.54. The molecule has 122 valence electrons. The summed E-state index contributed by atoms with van der Waals surface area (Å²) in [7, 11) is -3.51. The lowest BCUT2D eigenvalue weighted by molar-refractivity contribution is 0.257. The van der Waals surface area contributed by atoms with E-state index in [1.54, 1.807) is 16.9 Å². The maximum Gasteiger partial charge on any atom is 0.258 e. The molecule has 1 aromatic heterocycles. The summed E-state index contributed by atoms with van der Waals surface area (Å²) >= 11 is 0. The molecular formula is C15H24N4O2S. The van der Waals surface area contributed by atoms with Gasteiger partial charge < -0.3 is 5.32 Å². The smallest absolute Gasteiger partial charge is 0.258 e. The van der Waals surface area contributed by atoms with Crippen LogP contribution in [0.2, 0.25) is 0 Å². The predicted molar refractivity (Wildman–Crippen MR) is 82.8 cm³/mol. The van der Waals surface area contributed by atoms with Gasteiger partial charge in [-0.2, -0.15) is 5.10 Å². The topological polar surface area (TPSA) is 76.0 Å². The summed E-state index contributed by atoms with van der Waals surface area (Å²) in [5.74, 6) is 1.00. The van der Waals surface area contributed by atoms with Crippen molar-refractivity contribution in [3.63, 3.8) is 0 Å². The highest BCUT2D eigenvalue weighted by atomic mass is 32.2. The Morgan fingerprint density at radius 3 is 3.00 bits per heavy atom. The summed E-state index contributed by atoms with van der Waals surface area (Å²) in [5.41, 5.74) is -0.287. The van der Waals surface area contributed by atoms with Crippen LogP contribution in [0.1, 0.15) is 38.5 Å². The number of aromatic nitrogens is 2. The third-order valence-corrected chi connectivity index (χ3v) is 7.31. The Morgan fingerprint density at radius 2 is 2.23 bits per heavy atom. The Bertz CT molecular complexity index is 640. The molecule has 3 fully saturated rings. The maximum absolute atomic E-state index is 12.9. The Labute approximate surface area is 131 Å². The third-order valence-electron chi connectivity index (χ3n) is 5.73. The van der Waals surface area contributed by atoms with Crippen molar-refractivity contribution in [1.29, 1.82) is 0 Å².